The van der Waals surface area contributed by atoms with Crippen molar-refractivity contribution in [3.63, 3.8) is 0 Å². The second-order valence-electron chi connectivity index (χ2n) is 8.90. The number of nitriles is 1. The van der Waals surface area contributed by atoms with E-state index in [1.807, 2.05) is 23.6 Å². The van der Waals surface area contributed by atoms with Gasteiger partial charge in [0.25, 0.3) is 0 Å². The Morgan fingerprint density at radius 3 is 2.70 bits per heavy atom. The third-order valence-electron chi connectivity index (χ3n) is 6.29. The number of hydrogen-bond acceptors (Lipinski definition) is 4. The van der Waals surface area contributed by atoms with Crippen LogP contribution < -0.4 is 4.90 Å². The summed E-state index contributed by atoms with van der Waals surface area (Å²) in [6.07, 6.45) is -3.33. The van der Waals surface area contributed by atoms with Gasteiger partial charge >= 0.3 is 6.18 Å². The minimum atomic E-state index is -4.59. The van der Waals surface area contributed by atoms with E-state index in [1.54, 1.807) is 19.2 Å². The number of benzene rings is 1. The molecule has 0 radical (unpaired) electrons. The first-order valence-electron chi connectivity index (χ1n) is 10.2. The van der Waals surface area contributed by atoms with E-state index in [2.05, 4.69) is 0 Å². The van der Waals surface area contributed by atoms with E-state index >= 15 is 0 Å². The van der Waals surface area contributed by atoms with E-state index in [1.165, 1.54) is 6.07 Å². The molecule has 2 saturated heterocycles. The number of rotatable bonds is 5. The topological polar surface area (TPSA) is 56.6 Å². The molecule has 0 spiro atoms. The van der Waals surface area contributed by atoms with Crippen molar-refractivity contribution in [3.8, 4) is 6.07 Å². The number of carbonyl (C=O) groups is 1. The molecular formula is C22H28F3N3O2. The zero-order valence-electron chi connectivity index (χ0n) is 17.6. The molecule has 8 heteroatoms. The highest BCUT2D eigenvalue weighted by molar-refractivity contribution is 5.76. The molecule has 164 valence electrons. The number of likely N-dealkylation sites (tertiary alicyclic amines) is 1. The van der Waals surface area contributed by atoms with Crippen molar-refractivity contribution in [1.29, 1.82) is 5.26 Å². The van der Waals surface area contributed by atoms with Crippen molar-refractivity contribution in [2.75, 3.05) is 44.8 Å². The Morgan fingerprint density at radius 1 is 1.37 bits per heavy atom. The van der Waals surface area contributed by atoms with Crippen molar-refractivity contribution in [1.82, 2.24) is 4.90 Å². The Hall–Kier alpha value is -2.27. The monoisotopic (exact) mass is 423 g/mol. The molecule has 2 heterocycles. The number of carbonyl (C=O) groups excluding carboxylic acids is 1. The summed E-state index contributed by atoms with van der Waals surface area (Å²) in [6, 6.07) is 5.51. The molecule has 5 nitrogen and oxygen atoms in total. The van der Waals surface area contributed by atoms with Crippen molar-refractivity contribution >= 4 is 11.6 Å². The predicted molar refractivity (Wildman–Crippen MR) is 107 cm³/mol. The van der Waals surface area contributed by atoms with Gasteiger partial charge in [0.05, 0.1) is 23.8 Å². The van der Waals surface area contributed by atoms with Crippen LogP contribution in [0.25, 0.3) is 0 Å². The molecule has 2 atom stereocenters. The molecule has 0 bridgehead atoms. The van der Waals surface area contributed by atoms with Crippen LogP contribution in [-0.4, -0.2) is 50.7 Å². The predicted octanol–water partition coefficient (Wildman–Crippen LogP) is 3.92. The van der Waals surface area contributed by atoms with Gasteiger partial charge in [0.15, 0.2) is 0 Å². The molecule has 1 amide bonds. The van der Waals surface area contributed by atoms with Crippen LogP contribution in [0.3, 0.4) is 0 Å². The molecule has 2 aliphatic heterocycles. The summed E-state index contributed by atoms with van der Waals surface area (Å²) >= 11 is 0. The second kappa shape index (κ2) is 8.46. The molecule has 30 heavy (non-hydrogen) atoms. The van der Waals surface area contributed by atoms with Gasteiger partial charge in [-0.15, -0.1) is 0 Å². The summed E-state index contributed by atoms with van der Waals surface area (Å²) in [6.45, 7) is 6.88. The lowest BCUT2D eigenvalue weighted by molar-refractivity contribution is -0.138. The van der Waals surface area contributed by atoms with Gasteiger partial charge in [-0.2, -0.15) is 18.4 Å². The largest absolute Gasteiger partial charge is 0.417 e. The minimum absolute atomic E-state index is 0.118. The van der Waals surface area contributed by atoms with E-state index in [-0.39, 0.29) is 28.7 Å². The third kappa shape index (κ3) is 4.41. The number of nitrogens with zero attached hydrogens (tertiary/aromatic N) is 3. The molecule has 1 aromatic carbocycles. The Morgan fingerprint density at radius 2 is 2.10 bits per heavy atom. The fraction of sp³-hybridized carbons (Fsp3) is 0.636. The molecule has 0 saturated carbocycles. The first-order chi connectivity index (χ1) is 14.1. The lowest BCUT2D eigenvalue weighted by Gasteiger charge is -2.43. The summed E-state index contributed by atoms with van der Waals surface area (Å²) in [4.78, 5) is 16.4. The molecule has 2 fully saturated rings. The molecule has 0 aromatic heterocycles. The fourth-order valence-corrected chi connectivity index (χ4v) is 4.77. The maximum atomic E-state index is 13.4. The van der Waals surface area contributed by atoms with E-state index < -0.39 is 11.7 Å². The first kappa shape index (κ1) is 22.4. The van der Waals surface area contributed by atoms with E-state index in [0.717, 1.165) is 12.5 Å². The van der Waals surface area contributed by atoms with Crippen molar-refractivity contribution in [2.45, 2.75) is 32.9 Å². The zero-order valence-corrected chi connectivity index (χ0v) is 17.6. The van der Waals surface area contributed by atoms with Gasteiger partial charge in [-0.3, -0.25) is 4.79 Å². The number of fused-ring (bicyclic) bond motifs is 1. The maximum Gasteiger partial charge on any atom is 0.417 e. The number of piperidine rings is 1. The normalized spacial score (nSPS) is 24.1. The Kier molecular flexibility index (Phi) is 6.32. The summed E-state index contributed by atoms with van der Waals surface area (Å²) in [5.41, 5.74) is -1.03. The molecule has 2 aliphatic rings. The fourth-order valence-electron chi connectivity index (χ4n) is 4.77. The van der Waals surface area contributed by atoms with Crippen LogP contribution in [0.4, 0.5) is 18.9 Å². The Bertz CT molecular complexity index is 834. The van der Waals surface area contributed by atoms with Crippen molar-refractivity contribution < 1.29 is 22.7 Å². The van der Waals surface area contributed by atoms with Crippen LogP contribution in [0, 0.1) is 28.6 Å². The lowest BCUT2D eigenvalue weighted by atomic mass is 9.73. The molecule has 3 rings (SSSR count). The summed E-state index contributed by atoms with van der Waals surface area (Å²) in [5, 5.41) is 9.04. The van der Waals surface area contributed by atoms with Gasteiger partial charge < -0.3 is 14.5 Å². The lowest BCUT2D eigenvalue weighted by Crippen LogP contribution is -2.51. The average Bonchev–Trinajstić information content (AvgIpc) is 3.05. The van der Waals surface area contributed by atoms with Gasteiger partial charge in [-0.1, -0.05) is 13.8 Å². The summed E-state index contributed by atoms with van der Waals surface area (Å²) < 4.78 is 45.7. The number of halogens is 3. The van der Waals surface area contributed by atoms with Crippen LogP contribution in [-0.2, 0) is 15.7 Å². The quantitative estimate of drug-likeness (QED) is 0.720. The Balaban J connectivity index is 1.85. The molecule has 1 aromatic rings. The first-order valence-corrected chi connectivity index (χ1v) is 10.2. The van der Waals surface area contributed by atoms with Gasteiger partial charge in [0, 0.05) is 56.7 Å². The second-order valence-corrected chi connectivity index (χ2v) is 8.90. The summed E-state index contributed by atoms with van der Waals surface area (Å²) in [7, 11) is 1.63. The third-order valence-corrected chi connectivity index (χ3v) is 6.29. The smallest absolute Gasteiger partial charge is 0.384 e. The highest BCUT2D eigenvalue weighted by atomic mass is 19.4. The highest BCUT2D eigenvalue weighted by Crippen LogP contribution is 2.45. The highest BCUT2D eigenvalue weighted by Gasteiger charge is 2.50. The number of alkyl halides is 3. The van der Waals surface area contributed by atoms with Crippen LogP contribution in [0.2, 0.25) is 0 Å². The molecule has 0 N–H and O–H groups in total. The van der Waals surface area contributed by atoms with Gasteiger partial charge in [0.2, 0.25) is 5.91 Å². The standard InChI is InChI=1S/C22H28F3N3O2/c1-15(2)8-20(29)27-7-6-21(14-30-3)13-28(12-17(21)11-27)18-5-4-16(10-26)19(9-18)22(23,24)25/h4-5,9,15,17H,6-8,11-14H2,1-3H3. The van der Waals surface area contributed by atoms with Crippen LogP contribution >= 0.6 is 0 Å². The molecule has 0 aliphatic carbocycles. The van der Waals surface area contributed by atoms with Crippen molar-refractivity contribution in [2.24, 2.45) is 17.3 Å². The van der Waals surface area contributed by atoms with Crippen LogP contribution in [0.15, 0.2) is 18.2 Å². The van der Waals surface area contributed by atoms with Crippen LogP contribution in [0.1, 0.15) is 37.8 Å². The number of amides is 1. The van der Waals surface area contributed by atoms with E-state index in [0.29, 0.717) is 44.9 Å². The molecular weight excluding hydrogens is 395 g/mol. The van der Waals surface area contributed by atoms with E-state index in [4.69, 9.17) is 10.00 Å². The van der Waals surface area contributed by atoms with Crippen molar-refractivity contribution in [3.05, 3.63) is 29.3 Å². The maximum absolute atomic E-state index is 13.4. The SMILES string of the molecule is COCC12CCN(C(=O)CC(C)C)CC1CN(c1ccc(C#N)c(C(F)(F)F)c1)C2. The van der Waals surface area contributed by atoms with Gasteiger partial charge in [0.1, 0.15) is 0 Å². The number of hydrogen-bond donors (Lipinski definition) is 0. The number of anilines is 1. The van der Waals surface area contributed by atoms with E-state index in [9.17, 15) is 18.0 Å². The average molecular weight is 423 g/mol. The minimum Gasteiger partial charge on any atom is -0.384 e. The summed E-state index contributed by atoms with van der Waals surface area (Å²) in [5.74, 6) is 0.530. The zero-order chi connectivity index (χ0) is 22.1. The van der Waals surface area contributed by atoms with Gasteiger partial charge in [-0.05, 0) is 30.5 Å². The van der Waals surface area contributed by atoms with Gasteiger partial charge in [-0.25, -0.2) is 0 Å². The molecule has 2 unspecified atom stereocenters. The number of methoxy groups -OCH3 is 1. The Labute approximate surface area is 175 Å². The van der Waals surface area contributed by atoms with Crippen LogP contribution in [0.5, 0.6) is 0 Å². The number of ether oxygens (including phenoxy) is 1.